The minimum absolute atomic E-state index is 0.0118. The summed E-state index contributed by atoms with van der Waals surface area (Å²) < 4.78 is 21.0. The van der Waals surface area contributed by atoms with Gasteiger partial charge in [0.05, 0.1) is 6.61 Å². The van der Waals surface area contributed by atoms with Crippen molar-refractivity contribution < 1.29 is 23.7 Å². The Kier molecular flexibility index (Phi) is 3.23. The molecule has 0 saturated carbocycles. The topological polar surface area (TPSA) is 54.0 Å². The number of rotatable bonds is 2. The van der Waals surface area contributed by atoms with Gasteiger partial charge in [-0.2, -0.15) is 0 Å². The summed E-state index contributed by atoms with van der Waals surface area (Å²) in [5.74, 6) is 0.249. The van der Waals surface area contributed by atoms with E-state index in [9.17, 15) is 4.79 Å². The average Bonchev–Trinajstić information content (AvgIpc) is 2.40. The van der Waals surface area contributed by atoms with E-state index < -0.39 is 0 Å². The van der Waals surface area contributed by atoms with Gasteiger partial charge in [0.2, 0.25) is 0 Å². The molecule has 0 bridgehead atoms. The number of hydrogen-bond donors (Lipinski definition) is 0. The first-order valence-electron chi connectivity index (χ1n) is 5.04. The second-order valence-corrected chi connectivity index (χ2v) is 3.55. The van der Waals surface area contributed by atoms with Crippen LogP contribution in [-0.4, -0.2) is 31.6 Å². The molecule has 0 aromatic carbocycles. The molecule has 3 atom stereocenters. The van der Waals surface area contributed by atoms with Crippen LogP contribution >= 0.6 is 0 Å². The summed E-state index contributed by atoms with van der Waals surface area (Å²) in [5, 5.41) is 0. The maximum Gasteiger partial charge on any atom is 0.300 e. The fraction of sp³-hybridized carbons (Fsp3) is 0.700. The summed E-state index contributed by atoms with van der Waals surface area (Å²) in [5.41, 5.74) is 0. The van der Waals surface area contributed by atoms with E-state index in [4.69, 9.17) is 14.2 Å². The molecule has 2 rings (SSSR count). The summed E-state index contributed by atoms with van der Waals surface area (Å²) >= 11 is 0. The van der Waals surface area contributed by atoms with Crippen molar-refractivity contribution in [3.8, 4) is 0 Å². The summed E-state index contributed by atoms with van der Waals surface area (Å²) in [7, 11) is 0. The van der Waals surface area contributed by atoms with E-state index in [0.717, 1.165) is 12.8 Å². The van der Waals surface area contributed by atoms with Gasteiger partial charge in [-0.25, -0.2) is 0 Å². The highest BCUT2D eigenvalue weighted by molar-refractivity contribution is 5.39. The Bertz CT molecular complexity index is 263. The van der Waals surface area contributed by atoms with Crippen molar-refractivity contribution in [3.05, 3.63) is 12.0 Å². The molecule has 0 amide bonds. The van der Waals surface area contributed by atoms with Crippen molar-refractivity contribution >= 4 is 6.47 Å². The molecular weight excluding hydrogens is 200 g/mol. The van der Waals surface area contributed by atoms with Gasteiger partial charge in [0.15, 0.2) is 12.4 Å². The van der Waals surface area contributed by atoms with E-state index >= 15 is 0 Å². The zero-order valence-electron chi connectivity index (χ0n) is 8.55. The van der Waals surface area contributed by atoms with Crippen LogP contribution in [-0.2, 0) is 23.7 Å². The van der Waals surface area contributed by atoms with E-state index in [1.807, 2.05) is 6.92 Å². The predicted octanol–water partition coefficient (Wildman–Crippen LogP) is 0.941. The molecule has 0 unspecified atom stereocenters. The number of fused-ring (bicyclic) bond motifs is 1. The van der Waals surface area contributed by atoms with Crippen molar-refractivity contribution in [2.45, 2.75) is 38.3 Å². The number of hydrogen-bond acceptors (Lipinski definition) is 5. The van der Waals surface area contributed by atoms with Gasteiger partial charge in [-0.05, 0) is 25.8 Å². The minimum Gasteiger partial charge on any atom is -0.457 e. The fourth-order valence-corrected chi connectivity index (χ4v) is 1.76. The van der Waals surface area contributed by atoms with Crippen molar-refractivity contribution in [1.29, 1.82) is 0 Å². The summed E-state index contributed by atoms with van der Waals surface area (Å²) in [6, 6.07) is 0. The number of carbonyl (C=O) groups is 1. The summed E-state index contributed by atoms with van der Waals surface area (Å²) in [6.07, 6.45) is 3.01. The molecule has 0 aliphatic carbocycles. The molecule has 0 spiro atoms. The van der Waals surface area contributed by atoms with Gasteiger partial charge in [-0.15, -0.1) is 0 Å². The Labute approximate surface area is 87.9 Å². The van der Waals surface area contributed by atoms with Crippen LogP contribution < -0.4 is 0 Å². The molecule has 1 saturated heterocycles. The van der Waals surface area contributed by atoms with E-state index in [-0.39, 0.29) is 24.4 Å². The first kappa shape index (κ1) is 10.4. The Morgan fingerprint density at radius 2 is 2.40 bits per heavy atom. The third-order valence-electron chi connectivity index (χ3n) is 2.47. The van der Waals surface area contributed by atoms with Gasteiger partial charge in [0.1, 0.15) is 6.10 Å². The fourth-order valence-electron chi connectivity index (χ4n) is 1.76. The van der Waals surface area contributed by atoms with Crippen molar-refractivity contribution in [2.24, 2.45) is 0 Å². The van der Waals surface area contributed by atoms with Crippen LogP contribution in [0.25, 0.3) is 0 Å². The van der Waals surface area contributed by atoms with Gasteiger partial charge in [-0.1, -0.05) is 0 Å². The van der Waals surface area contributed by atoms with E-state index in [2.05, 4.69) is 4.74 Å². The lowest BCUT2D eigenvalue weighted by molar-refractivity contribution is -0.251. The molecule has 0 radical (unpaired) electrons. The molecule has 5 nitrogen and oxygen atoms in total. The van der Waals surface area contributed by atoms with E-state index in [1.54, 1.807) is 6.08 Å². The molecule has 0 aromatic rings. The lowest BCUT2D eigenvalue weighted by Crippen LogP contribution is -2.43. The van der Waals surface area contributed by atoms with Crippen molar-refractivity contribution in [3.63, 3.8) is 0 Å². The lowest BCUT2D eigenvalue weighted by atomic mass is 10.1. The number of ether oxygens (including phenoxy) is 4. The molecule has 15 heavy (non-hydrogen) atoms. The Morgan fingerprint density at radius 1 is 1.53 bits per heavy atom. The first-order valence-corrected chi connectivity index (χ1v) is 5.04. The Balaban J connectivity index is 1.98. The maximum absolute atomic E-state index is 10.2. The zero-order valence-corrected chi connectivity index (χ0v) is 8.55. The van der Waals surface area contributed by atoms with E-state index in [0.29, 0.717) is 13.1 Å². The standard InChI is InChI=1S/C10H14O5/c1-7-12-5-9-8(14-7)3-2-4-10(15-9)13-6-11/h4,6-9H,2-3,5H2,1H3/t7-,8+,9-/m1/s1. The molecule has 2 aliphatic heterocycles. The third-order valence-corrected chi connectivity index (χ3v) is 2.47. The second kappa shape index (κ2) is 4.63. The zero-order chi connectivity index (χ0) is 10.7. The Morgan fingerprint density at radius 3 is 3.20 bits per heavy atom. The molecule has 2 heterocycles. The van der Waals surface area contributed by atoms with Crippen LogP contribution in [0.3, 0.4) is 0 Å². The SMILES string of the molecule is C[C@@H]1OC[C@H]2OC(OC=O)=CCC[C@@H]2O1. The highest BCUT2D eigenvalue weighted by atomic mass is 16.7. The van der Waals surface area contributed by atoms with Crippen LogP contribution in [0.2, 0.25) is 0 Å². The van der Waals surface area contributed by atoms with Gasteiger partial charge in [0, 0.05) is 0 Å². The predicted molar refractivity (Wildman–Crippen MR) is 49.6 cm³/mol. The summed E-state index contributed by atoms with van der Waals surface area (Å²) in [4.78, 5) is 10.2. The van der Waals surface area contributed by atoms with Gasteiger partial charge >= 0.3 is 6.47 Å². The lowest BCUT2D eigenvalue weighted by Gasteiger charge is -2.33. The molecule has 5 heteroatoms. The third kappa shape index (κ3) is 2.49. The van der Waals surface area contributed by atoms with Gasteiger partial charge in [0.25, 0.3) is 5.95 Å². The quantitative estimate of drug-likeness (QED) is 0.640. The first-order chi connectivity index (χ1) is 7.29. The van der Waals surface area contributed by atoms with Crippen LogP contribution in [0.5, 0.6) is 0 Å². The van der Waals surface area contributed by atoms with Crippen LogP contribution in [0.4, 0.5) is 0 Å². The molecule has 84 valence electrons. The molecule has 0 N–H and O–H groups in total. The maximum atomic E-state index is 10.2. The van der Waals surface area contributed by atoms with Crippen LogP contribution in [0.15, 0.2) is 12.0 Å². The van der Waals surface area contributed by atoms with Crippen LogP contribution in [0.1, 0.15) is 19.8 Å². The van der Waals surface area contributed by atoms with Gasteiger partial charge in [-0.3, -0.25) is 4.79 Å². The second-order valence-electron chi connectivity index (χ2n) is 3.55. The largest absolute Gasteiger partial charge is 0.457 e. The number of carbonyl (C=O) groups excluding carboxylic acids is 1. The highest BCUT2D eigenvalue weighted by Gasteiger charge is 2.33. The van der Waals surface area contributed by atoms with Crippen molar-refractivity contribution in [2.75, 3.05) is 6.61 Å². The van der Waals surface area contributed by atoms with Crippen molar-refractivity contribution in [1.82, 2.24) is 0 Å². The van der Waals surface area contributed by atoms with Gasteiger partial charge < -0.3 is 18.9 Å². The minimum atomic E-state index is -0.191. The normalized spacial score (nSPS) is 35.5. The summed E-state index contributed by atoms with van der Waals surface area (Å²) in [6.45, 7) is 2.68. The molecule has 2 aliphatic rings. The monoisotopic (exact) mass is 214 g/mol. The highest BCUT2D eigenvalue weighted by Crippen LogP contribution is 2.25. The smallest absolute Gasteiger partial charge is 0.300 e. The van der Waals surface area contributed by atoms with E-state index in [1.165, 1.54) is 0 Å². The Hall–Kier alpha value is -1.07. The molecule has 0 aromatic heterocycles. The molecular formula is C10H14O5. The number of allylic oxidation sites excluding steroid dienone is 1. The van der Waals surface area contributed by atoms with Crippen LogP contribution in [0, 0.1) is 0 Å². The molecule has 1 fully saturated rings. The average molecular weight is 214 g/mol.